The molecule has 0 aliphatic carbocycles. The van der Waals surface area contributed by atoms with E-state index in [1.165, 1.54) is 0 Å². The molecule has 0 unspecified atom stereocenters. The summed E-state index contributed by atoms with van der Waals surface area (Å²) >= 11 is 3.46. The summed E-state index contributed by atoms with van der Waals surface area (Å²) in [5.74, 6) is 1.94. The summed E-state index contributed by atoms with van der Waals surface area (Å²) in [4.78, 5) is 8.88. The third-order valence-electron chi connectivity index (χ3n) is 2.50. The predicted molar refractivity (Wildman–Crippen MR) is 72.4 cm³/mol. The highest BCUT2D eigenvalue weighted by atomic mass is 79.9. The Bertz CT molecular complexity index is 554. The first-order chi connectivity index (χ1) is 8.67. The molecule has 0 saturated carbocycles. The van der Waals surface area contributed by atoms with Gasteiger partial charge in [0.2, 0.25) is 0 Å². The van der Waals surface area contributed by atoms with Crippen LogP contribution < -0.4 is 5.32 Å². The molecule has 2 heterocycles. The zero-order valence-electron chi connectivity index (χ0n) is 10.5. The summed E-state index contributed by atoms with van der Waals surface area (Å²) < 4.78 is 11.4. The van der Waals surface area contributed by atoms with E-state index in [0.717, 1.165) is 15.7 Å². The molecule has 6 heteroatoms. The number of aromatic nitrogens is 2. The summed E-state index contributed by atoms with van der Waals surface area (Å²) in [6, 6.07) is 1.88. The van der Waals surface area contributed by atoms with E-state index in [9.17, 15) is 0 Å². The van der Waals surface area contributed by atoms with Gasteiger partial charge < -0.3 is 14.5 Å². The fourth-order valence-corrected chi connectivity index (χ4v) is 2.08. The number of methoxy groups -OCH3 is 1. The number of nitrogens with zero attached hydrogens (tertiary/aromatic N) is 2. The largest absolute Gasteiger partial charge is 0.461 e. The normalized spacial score (nSPS) is 10.7. The zero-order valence-corrected chi connectivity index (χ0v) is 12.0. The Balaban J connectivity index is 2.55. The van der Waals surface area contributed by atoms with E-state index in [1.54, 1.807) is 13.4 Å². The lowest BCUT2D eigenvalue weighted by atomic mass is 10.2. The maximum Gasteiger partial charge on any atom is 0.198 e. The van der Waals surface area contributed by atoms with Crippen LogP contribution in [-0.4, -0.2) is 24.1 Å². The van der Waals surface area contributed by atoms with E-state index >= 15 is 0 Å². The SMILES string of the molecule is CNc1nc(-c2occc2C)nc(COC)c1Br. The summed E-state index contributed by atoms with van der Waals surface area (Å²) in [6.45, 7) is 2.36. The third-order valence-corrected chi connectivity index (χ3v) is 3.34. The standard InChI is InChI=1S/C12H14BrN3O2/c1-7-4-5-18-10(7)12-15-8(6-17-3)9(13)11(14-2)16-12/h4-5H,6H2,1-3H3,(H,14,15,16). The smallest absolute Gasteiger partial charge is 0.198 e. The van der Waals surface area contributed by atoms with Crippen molar-refractivity contribution in [3.05, 3.63) is 28.1 Å². The van der Waals surface area contributed by atoms with Gasteiger partial charge in [0, 0.05) is 14.2 Å². The molecule has 0 aromatic carbocycles. The first kappa shape index (κ1) is 13.0. The lowest BCUT2D eigenvalue weighted by Gasteiger charge is -2.09. The molecule has 0 aliphatic heterocycles. The van der Waals surface area contributed by atoms with Crippen molar-refractivity contribution in [2.45, 2.75) is 13.5 Å². The second-order valence-electron chi connectivity index (χ2n) is 3.77. The number of hydrogen-bond donors (Lipinski definition) is 1. The van der Waals surface area contributed by atoms with E-state index in [2.05, 4.69) is 31.2 Å². The highest BCUT2D eigenvalue weighted by Crippen LogP contribution is 2.29. The Labute approximate surface area is 114 Å². The Hall–Kier alpha value is -1.40. The van der Waals surface area contributed by atoms with Crippen molar-refractivity contribution >= 4 is 21.7 Å². The molecular formula is C12H14BrN3O2. The Morgan fingerprint density at radius 2 is 2.22 bits per heavy atom. The van der Waals surface area contributed by atoms with Crippen molar-refractivity contribution in [2.24, 2.45) is 0 Å². The average molecular weight is 312 g/mol. The van der Waals surface area contributed by atoms with Crippen molar-refractivity contribution < 1.29 is 9.15 Å². The molecule has 0 saturated heterocycles. The van der Waals surface area contributed by atoms with Crippen molar-refractivity contribution in [2.75, 3.05) is 19.5 Å². The quantitative estimate of drug-likeness (QED) is 0.940. The fraction of sp³-hybridized carbons (Fsp3) is 0.333. The lowest BCUT2D eigenvalue weighted by molar-refractivity contribution is 0.181. The molecule has 0 spiro atoms. The van der Waals surface area contributed by atoms with Gasteiger partial charge in [-0.2, -0.15) is 0 Å². The maximum atomic E-state index is 5.41. The number of anilines is 1. The van der Waals surface area contributed by atoms with E-state index in [0.29, 0.717) is 24.0 Å². The average Bonchev–Trinajstić information content (AvgIpc) is 2.78. The monoisotopic (exact) mass is 311 g/mol. The fourth-order valence-electron chi connectivity index (χ4n) is 1.59. The molecule has 5 nitrogen and oxygen atoms in total. The van der Waals surface area contributed by atoms with Crippen LogP contribution in [0.4, 0.5) is 5.82 Å². The van der Waals surface area contributed by atoms with Gasteiger partial charge in [0.1, 0.15) is 5.82 Å². The highest BCUT2D eigenvalue weighted by Gasteiger charge is 2.15. The van der Waals surface area contributed by atoms with Crippen LogP contribution in [0.2, 0.25) is 0 Å². The first-order valence-corrected chi connectivity index (χ1v) is 6.24. The van der Waals surface area contributed by atoms with Gasteiger partial charge in [-0.05, 0) is 34.5 Å². The number of aryl methyl sites for hydroxylation is 1. The predicted octanol–water partition coefficient (Wildman–Crippen LogP) is 3.00. The zero-order chi connectivity index (χ0) is 13.1. The van der Waals surface area contributed by atoms with Crippen LogP contribution in [0.5, 0.6) is 0 Å². The van der Waals surface area contributed by atoms with Crippen molar-refractivity contribution in [3.8, 4) is 11.6 Å². The van der Waals surface area contributed by atoms with Crippen LogP contribution in [0.25, 0.3) is 11.6 Å². The molecular weight excluding hydrogens is 298 g/mol. The van der Waals surface area contributed by atoms with Gasteiger partial charge in [-0.15, -0.1) is 0 Å². The second kappa shape index (κ2) is 5.49. The molecule has 0 aliphatic rings. The topological polar surface area (TPSA) is 60.2 Å². The van der Waals surface area contributed by atoms with Gasteiger partial charge in [0.15, 0.2) is 11.6 Å². The molecule has 0 bridgehead atoms. The molecule has 0 atom stereocenters. The van der Waals surface area contributed by atoms with Gasteiger partial charge in [-0.1, -0.05) is 0 Å². The van der Waals surface area contributed by atoms with Crippen LogP contribution >= 0.6 is 15.9 Å². The molecule has 1 N–H and O–H groups in total. The molecule has 0 radical (unpaired) electrons. The molecule has 2 rings (SSSR count). The van der Waals surface area contributed by atoms with Crippen LogP contribution in [0.15, 0.2) is 21.2 Å². The minimum Gasteiger partial charge on any atom is -0.461 e. The summed E-state index contributed by atoms with van der Waals surface area (Å²) in [7, 11) is 3.44. The highest BCUT2D eigenvalue weighted by molar-refractivity contribution is 9.10. The number of furan rings is 1. The molecule has 0 fully saturated rings. The van der Waals surface area contributed by atoms with Crippen LogP contribution in [0.3, 0.4) is 0 Å². The number of rotatable bonds is 4. The summed E-state index contributed by atoms with van der Waals surface area (Å²) in [6.07, 6.45) is 1.63. The van der Waals surface area contributed by atoms with E-state index in [1.807, 2.05) is 20.0 Å². The van der Waals surface area contributed by atoms with E-state index in [4.69, 9.17) is 9.15 Å². The molecule has 96 valence electrons. The number of halogens is 1. The van der Waals surface area contributed by atoms with Crippen molar-refractivity contribution in [1.82, 2.24) is 9.97 Å². The van der Waals surface area contributed by atoms with Crippen molar-refractivity contribution in [3.63, 3.8) is 0 Å². The molecule has 2 aromatic rings. The van der Waals surface area contributed by atoms with Gasteiger partial charge in [0.05, 0.1) is 23.0 Å². The van der Waals surface area contributed by atoms with E-state index < -0.39 is 0 Å². The molecule has 2 aromatic heterocycles. The minimum absolute atomic E-state index is 0.407. The van der Waals surface area contributed by atoms with Gasteiger partial charge in [-0.3, -0.25) is 0 Å². The number of hydrogen-bond acceptors (Lipinski definition) is 5. The van der Waals surface area contributed by atoms with Gasteiger partial charge in [-0.25, -0.2) is 9.97 Å². The van der Waals surface area contributed by atoms with E-state index in [-0.39, 0.29) is 0 Å². The van der Waals surface area contributed by atoms with Crippen LogP contribution in [-0.2, 0) is 11.3 Å². The Morgan fingerprint density at radius 1 is 1.44 bits per heavy atom. The third kappa shape index (κ3) is 2.39. The minimum atomic E-state index is 0.407. The first-order valence-electron chi connectivity index (χ1n) is 5.45. The van der Waals surface area contributed by atoms with Crippen LogP contribution in [0.1, 0.15) is 11.3 Å². The second-order valence-corrected chi connectivity index (χ2v) is 4.57. The Morgan fingerprint density at radius 3 is 2.78 bits per heavy atom. The van der Waals surface area contributed by atoms with Crippen LogP contribution in [0, 0.1) is 6.92 Å². The Kier molecular flexibility index (Phi) is 3.98. The van der Waals surface area contributed by atoms with Gasteiger partial charge in [0.25, 0.3) is 0 Å². The number of ether oxygens (including phenoxy) is 1. The van der Waals surface area contributed by atoms with Gasteiger partial charge >= 0.3 is 0 Å². The van der Waals surface area contributed by atoms with Crippen molar-refractivity contribution in [1.29, 1.82) is 0 Å². The lowest BCUT2D eigenvalue weighted by Crippen LogP contribution is -2.04. The summed E-state index contributed by atoms with van der Waals surface area (Å²) in [5, 5.41) is 3.02. The molecule has 18 heavy (non-hydrogen) atoms. The number of nitrogens with one attached hydrogen (secondary N) is 1. The maximum absolute atomic E-state index is 5.41. The molecule has 0 amide bonds. The summed E-state index contributed by atoms with van der Waals surface area (Å²) in [5.41, 5.74) is 1.78.